The topological polar surface area (TPSA) is 86.7 Å². The molecule has 0 aliphatic carbocycles. The highest BCUT2D eigenvalue weighted by molar-refractivity contribution is 7.90. The molecule has 1 aromatic rings. The molecule has 0 unspecified atom stereocenters. The Morgan fingerprint density at radius 2 is 1.89 bits per heavy atom. The van der Waals surface area contributed by atoms with E-state index in [4.69, 9.17) is 5.11 Å². The fraction of sp³-hybridized carbons (Fsp3) is 0.417. The molecule has 6 nitrogen and oxygen atoms in total. The highest BCUT2D eigenvalue weighted by Crippen LogP contribution is 2.19. The van der Waals surface area contributed by atoms with Gasteiger partial charge in [-0.3, -0.25) is 4.72 Å². The lowest BCUT2D eigenvalue weighted by Gasteiger charge is -2.20. The summed E-state index contributed by atoms with van der Waals surface area (Å²) < 4.78 is 27.6. The normalized spacial score (nSPS) is 11.6. The van der Waals surface area contributed by atoms with Gasteiger partial charge in [0.25, 0.3) is 0 Å². The number of benzene rings is 1. The van der Waals surface area contributed by atoms with Gasteiger partial charge in [-0.2, -0.15) is 12.7 Å². The van der Waals surface area contributed by atoms with E-state index >= 15 is 0 Å². The minimum atomic E-state index is -3.72. The zero-order chi connectivity index (χ0) is 14.6. The molecule has 19 heavy (non-hydrogen) atoms. The van der Waals surface area contributed by atoms with Crippen molar-refractivity contribution in [1.82, 2.24) is 4.31 Å². The number of rotatable bonds is 6. The van der Waals surface area contributed by atoms with Crippen molar-refractivity contribution < 1.29 is 18.3 Å². The molecule has 0 bridgehead atoms. The van der Waals surface area contributed by atoms with Gasteiger partial charge in [0.15, 0.2) is 0 Å². The first-order chi connectivity index (χ1) is 8.81. The SMILES string of the molecule is CCN(CC)S(=O)(=O)Nc1ccc(C)cc1C(=O)O. The third kappa shape index (κ3) is 3.68. The van der Waals surface area contributed by atoms with E-state index in [1.165, 1.54) is 16.4 Å². The van der Waals surface area contributed by atoms with Crippen molar-refractivity contribution in [3.63, 3.8) is 0 Å². The zero-order valence-electron chi connectivity index (χ0n) is 11.2. The van der Waals surface area contributed by atoms with Crippen LogP contribution in [0.15, 0.2) is 18.2 Å². The van der Waals surface area contributed by atoms with Crippen molar-refractivity contribution in [2.45, 2.75) is 20.8 Å². The minimum absolute atomic E-state index is 0.0595. The van der Waals surface area contributed by atoms with Crippen molar-refractivity contribution in [2.75, 3.05) is 17.8 Å². The first-order valence-electron chi connectivity index (χ1n) is 5.93. The van der Waals surface area contributed by atoms with Gasteiger partial charge in [-0.25, -0.2) is 4.79 Å². The van der Waals surface area contributed by atoms with Crippen LogP contribution in [0.2, 0.25) is 0 Å². The number of anilines is 1. The minimum Gasteiger partial charge on any atom is -0.478 e. The van der Waals surface area contributed by atoms with Crippen molar-refractivity contribution >= 4 is 21.9 Å². The van der Waals surface area contributed by atoms with Crippen molar-refractivity contribution in [1.29, 1.82) is 0 Å². The van der Waals surface area contributed by atoms with Gasteiger partial charge >= 0.3 is 16.2 Å². The van der Waals surface area contributed by atoms with Crippen LogP contribution in [0.1, 0.15) is 29.8 Å². The molecule has 0 atom stereocenters. The van der Waals surface area contributed by atoms with Crippen molar-refractivity contribution in [3.05, 3.63) is 29.3 Å². The summed E-state index contributed by atoms with van der Waals surface area (Å²) in [6.45, 7) is 5.82. The predicted molar refractivity (Wildman–Crippen MR) is 73.6 cm³/mol. The molecule has 0 aliphatic rings. The number of aryl methyl sites for hydroxylation is 1. The van der Waals surface area contributed by atoms with Crippen LogP contribution < -0.4 is 4.72 Å². The fourth-order valence-corrected chi connectivity index (χ4v) is 2.96. The van der Waals surface area contributed by atoms with Crippen LogP contribution in [0.25, 0.3) is 0 Å². The molecular weight excluding hydrogens is 268 g/mol. The maximum Gasteiger partial charge on any atom is 0.337 e. The Labute approximate surface area is 113 Å². The van der Waals surface area contributed by atoms with Gasteiger partial charge in [-0.05, 0) is 19.1 Å². The van der Waals surface area contributed by atoms with Crippen LogP contribution in [0.5, 0.6) is 0 Å². The first kappa shape index (κ1) is 15.5. The molecule has 0 saturated heterocycles. The van der Waals surface area contributed by atoms with Gasteiger partial charge in [0.1, 0.15) is 0 Å². The van der Waals surface area contributed by atoms with Crippen molar-refractivity contribution in [2.24, 2.45) is 0 Å². The largest absolute Gasteiger partial charge is 0.478 e. The average Bonchev–Trinajstić information content (AvgIpc) is 2.32. The fourth-order valence-electron chi connectivity index (χ4n) is 1.69. The number of nitrogens with zero attached hydrogens (tertiary/aromatic N) is 1. The van der Waals surface area contributed by atoms with E-state index < -0.39 is 16.2 Å². The summed E-state index contributed by atoms with van der Waals surface area (Å²) >= 11 is 0. The number of hydrogen-bond acceptors (Lipinski definition) is 3. The van der Waals surface area contributed by atoms with Crippen LogP contribution >= 0.6 is 0 Å². The predicted octanol–water partition coefficient (Wildman–Crippen LogP) is 1.69. The lowest BCUT2D eigenvalue weighted by molar-refractivity contribution is 0.0698. The maximum absolute atomic E-state index is 12.0. The summed E-state index contributed by atoms with van der Waals surface area (Å²) in [5.74, 6) is -1.17. The summed E-state index contributed by atoms with van der Waals surface area (Å²) in [5, 5.41) is 9.09. The van der Waals surface area contributed by atoms with E-state index in [0.29, 0.717) is 13.1 Å². The quantitative estimate of drug-likeness (QED) is 0.833. The standard InChI is InChI=1S/C12H18N2O4S/c1-4-14(5-2)19(17,18)13-11-7-6-9(3)8-10(11)12(15)16/h6-8,13H,4-5H2,1-3H3,(H,15,16). The number of hydrogen-bond donors (Lipinski definition) is 2. The lowest BCUT2D eigenvalue weighted by Crippen LogP contribution is -2.35. The number of carbonyl (C=O) groups is 1. The molecule has 0 amide bonds. The molecule has 2 N–H and O–H groups in total. The van der Waals surface area contributed by atoms with Gasteiger partial charge in [-0.1, -0.05) is 25.5 Å². The second kappa shape index (κ2) is 6.03. The summed E-state index contributed by atoms with van der Waals surface area (Å²) in [6.07, 6.45) is 0. The van der Waals surface area contributed by atoms with E-state index in [9.17, 15) is 13.2 Å². The van der Waals surface area contributed by atoms with E-state index in [2.05, 4.69) is 4.72 Å². The van der Waals surface area contributed by atoms with Gasteiger partial charge in [0.05, 0.1) is 11.3 Å². The molecule has 0 aliphatic heterocycles. The Morgan fingerprint density at radius 1 is 1.32 bits per heavy atom. The van der Waals surface area contributed by atoms with Gasteiger partial charge in [0.2, 0.25) is 0 Å². The Morgan fingerprint density at radius 3 is 2.37 bits per heavy atom. The molecule has 0 radical (unpaired) electrons. The number of nitrogens with one attached hydrogen (secondary N) is 1. The van der Waals surface area contributed by atoms with Gasteiger partial charge < -0.3 is 5.11 Å². The van der Waals surface area contributed by atoms with Crippen LogP contribution in [-0.2, 0) is 10.2 Å². The Hall–Kier alpha value is -1.60. The maximum atomic E-state index is 12.0. The molecular formula is C12H18N2O4S. The van der Waals surface area contributed by atoms with Gasteiger partial charge in [-0.15, -0.1) is 0 Å². The van der Waals surface area contributed by atoms with E-state index in [-0.39, 0.29) is 11.3 Å². The number of carboxylic acids is 1. The molecule has 0 fully saturated rings. The molecule has 1 aromatic carbocycles. The second-order valence-electron chi connectivity index (χ2n) is 4.05. The van der Waals surface area contributed by atoms with Crippen LogP contribution in [0.3, 0.4) is 0 Å². The smallest absolute Gasteiger partial charge is 0.337 e. The third-order valence-corrected chi connectivity index (χ3v) is 4.36. The summed E-state index contributed by atoms with van der Waals surface area (Å²) in [6, 6.07) is 4.55. The zero-order valence-corrected chi connectivity index (χ0v) is 12.0. The molecule has 106 valence electrons. The molecule has 0 saturated carbocycles. The average molecular weight is 286 g/mol. The first-order valence-corrected chi connectivity index (χ1v) is 7.37. The summed E-state index contributed by atoms with van der Waals surface area (Å²) in [4.78, 5) is 11.1. The van der Waals surface area contributed by atoms with Crippen LogP contribution in [0.4, 0.5) is 5.69 Å². The van der Waals surface area contributed by atoms with Crippen LogP contribution in [0, 0.1) is 6.92 Å². The van der Waals surface area contributed by atoms with Crippen molar-refractivity contribution in [3.8, 4) is 0 Å². The van der Waals surface area contributed by atoms with E-state index in [1.54, 1.807) is 26.8 Å². The molecule has 1 rings (SSSR count). The molecule has 0 heterocycles. The number of carboxylic acid groups (broad SMARTS) is 1. The van der Waals surface area contributed by atoms with E-state index in [0.717, 1.165) is 5.56 Å². The Kier molecular flexibility index (Phi) is 4.90. The third-order valence-electron chi connectivity index (χ3n) is 2.69. The van der Waals surface area contributed by atoms with Crippen LogP contribution in [-0.4, -0.2) is 36.9 Å². The number of aromatic carboxylic acids is 1. The second-order valence-corrected chi connectivity index (χ2v) is 5.72. The molecule has 0 spiro atoms. The highest BCUT2D eigenvalue weighted by atomic mass is 32.2. The summed E-state index contributed by atoms with van der Waals surface area (Å²) in [5.41, 5.74) is 0.768. The van der Waals surface area contributed by atoms with E-state index in [1.807, 2.05) is 0 Å². The molecule has 0 aromatic heterocycles. The van der Waals surface area contributed by atoms with Gasteiger partial charge in [0, 0.05) is 13.1 Å². The monoisotopic (exact) mass is 286 g/mol. The Balaban J connectivity index is 3.16. The Bertz CT molecular complexity index is 565. The summed E-state index contributed by atoms with van der Waals surface area (Å²) in [7, 11) is -3.72. The molecule has 7 heteroatoms. The lowest BCUT2D eigenvalue weighted by atomic mass is 10.1. The highest BCUT2D eigenvalue weighted by Gasteiger charge is 2.21.